The van der Waals surface area contributed by atoms with Crippen LogP contribution in [0.5, 0.6) is 0 Å². The topological polar surface area (TPSA) is 54.6 Å². The monoisotopic (exact) mass is 352 g/mol. The number of amides is 1. The highest BCUT2D eigenvalue weighted by Crippen LogP contribution is 2.32. The van der Waals surface area contributed by atoms with Gasteiger partial charge in [0.05, 0.1) is 17.7 Å². The molecule has 0 unspecified atom stereocenters. The molecule has 1 amide bonds. The number of nitrogens with zero attached hydrogens (tertiary/aromatic N) is 1. The Balaban J connectivity index is 1.80. The molecule has 4 nitrogen and oxygen atoms in total. The summed E-state index contributed by atoms with van der Waals surface area (Å²) in [5, 5.41) is 4.22. The predicted octanol–water partition coefficient (Wildman–Crippen LogP) is 4.35. The molecule has 2 heterocycles. The van der Waals surface area contributed by atoms with Crippen molar-refractivity contribution in [1.82, 2.24) is 5.32 Å². The van der Waals surface area contributed by atoms with Gasteiger partial charge in [0.15, 0.2) is 5.17 Å². The van der Waals surface area contributed by atoms with Gasteiger partial charge >= 0.3 is 0 Å². The molecular formula is C15H10Cl2N2O2S. The summed E-state index contributed by atoms with van der Waals surface area (Å²) in [7, 11) is 0. The van der Waals surface area contributed by atoms with Crippen LogP contribution in [0, 0.1) is 0 Å². The average molecular weight is 353 g/mol. The van der Waals surface area contributed by atoms with Crippen LogP contribution in [0.25, 0.3) is 6.08 Å². The minimum absolute atomic E-state index is 0.223. The standard InChI is InChI=1S/C15H10Cl2N2O2S/c16-11-4-1-5-12(17)10(11)7-13-14(20)19-15(22-13)18-8-9-3-2-6-21-9/h1-7H,8H2,(H,18,19,20)/b13-7-. The lowest BCUT2D eigenvalue weighted by atomic mass is 10.2. The molecule has 1 aliphatic rings. The van der Waals surface area contributed by atoms with E-state index >= 15 is 0 Å². The van der Waals surface area contributed by atoms with E-state index in [4.69, 9.17) is 27.6 Å². The summed E-state index contributed by atoms with van der Waals surface area (Å²) in [6, 6.07) is 8.82. The highest BCUT2D eigenvalue weighted by Gasteiger charge is 2.24. The molecule has 7 heteroatoms. The van der Waals surface area contributed by atoms with Crippen LogP contribution in [0.1, 0.15) is 11.3 Å². The lowest BCUT2D eigenvalue weighted by Gasteiger charge is -2.01. The van der Waals surface area contributed by atoms with Crippen LogP contribution in [0.4, 0.5) is 0 Å². The molecule has 1 aliphatic heterocycles. The Morgan fingerprint density at radius 3 is 2.68 bits per heavy atom. The number of carbonyl (C=O) groups is 1. The number of thioether (sulfide) groups is 1. The van der Waals surface area contributed by atoms with Crippen molar-refractivity contribution in [2.45, 2.75) is 6.54 Å². The molecule has 0 saturated carbocycles. The molecule has 0 aliphatic carbocycles. The Kier molecular flexibility index (Phi) is 4.57. The third-order valence-corrected chi connectivity index (χ3v) is 4.49. The fourth-order valence-corrected chi connectivity index (χ4v) is 3.14. The zero-order valence-corrected chi connectivity index (χ0v) is 13.5. The maximum atomic E-state index is 12.0. The quantitative estimate of drug-likeness (QED) is 0.835. The van der Waals surface area contributed by atoms with Crippen LogP contribution in [0.3, 0.4) is 0 Å². The number of hydrogen-bond acceptors (Lipinski definition) is 4. The second-order valence-corrected chi connectivity index (χ2v) is 6.25. The van der Waals surface area contributed by atoms with Gasteiger partial charge in [-0.1, -0.05) is 29.3 Å². The van der Waals surface area contributed by atoms with E-state index in [2.05, 4.69) is 10.3 Å². The molecule has 22 heavy (non-hydrogen) atoms. The van der Waals surface area contributed by atoms with Crippen molar-refractivity contribution >= 4 is 52.1 Å². The first-order valence-corrected chi connectivity index (χ1v) is 7.92. The summed E-state index contributed by atoms with van der Waals surface area (Å²) in [5.41, 5.74) is 0.621. The SMILES string of the molecule is O=C1NC(=NCc2ccco2)S/C1=C\c1c(Cl)cccc1Cl. The second kappa shape index (κ2) is 6.60. The lowest BCUT2D eigenvalue weighted by molar-refractivity contribution is -0.115. The minimum Gasteiger partial charge on any atom is -0.467 e. The van der Waals surface area contributed by atoms with E-state index in [-0.39, 0.29) is 5.91 Å². The highest BCUT2D eigenvalue weighted by molar-refractivity contribution is 8.18. The van der Waals surface area contributed by atoms with Gasteiger partial charge in [-0.3, -0.25) is 9.79 Å². The summed E-state index contributed by atoms with van der Waals surface area (Å²) in [6.45, 7) is 0.371. The minimum atomic E-state index is -0.223. The van der Waals surface area contributed by atoms with Crippen molar-refractivity contribution in [3.05, 3.63) is 62.9 Å². The Bertz CT molecular complexity index is 750. The average Bonchev–Trinajstić information content (AvgIpc) is 3.11. The van der Waals surface area contributed by atoms with E-state index in [1.165, 1.54) is 11.8 Å². The smallest absolute Gasteiger partial charge is 0.264 e. The molecule has 1 fully saturated rings. The zero-order valence-electron chi connectivity index (χ0n) is 11.2. The predicted molar refractivity (Wildman–Crippen MR) is 90.0 cm³/mol. The van der Waals surface area contributed by atoms with Gasteiger partial charge in [-0.2, -0.15) is 0 Å². The van der Waals surface area contributed by atoms with Crippen LogP contribution in [0.15, 0.2) is 50.9 Å². The van der Waals surface area contributed by atoms with E-state index in [1.54, 1.807) is 36.6 Å². The molecule has 1 saturated heterocycles. The number of furan rings is 1. The number of halogens is 2. The molecule has 1 aromatic carbocycles. The molecule has 2 aromatic rings. The van der Waals surface area contributed by atoms with Crippen LogP contribution < -0.4 is 5.32 Å². The van der Waals surface area contributed by atoms with Crippen LogP contribution in [0.2, 0.25) is 10.0 Å². The van der Waals surface area contributed by atoms with E-state index in [9.17, 15) is 4.79 Å². The van der Waals surface area contributed by atoms with Crippen molar-refractivity contribution in [2.75, 3.05) is 0 Å². The first kappa shape index (κ1) is 15.2. The largest absolute Gasteiger partial charge is 0.467 e. The molecule has 112 valence electrons. The fraction of sp³-hybridized carbons (Fsp3) is 0.0667. The molecule has 0 radical (unpaired) electrons. The third kappa shape index (κ3) is 3.38. The van der Waals surface area contributed by atoms with Crippen LogP contribution in [-0.2, 0) is 11.3 Å². The van der Waals surface area contributed by atoms with Gasteiger partial charge in [-0.05, 0) is 42.1 Å². The van der Waals surface area contributed by atoms with Gasteiger partial charge in [-0.15, -0.1) is 0 Å². The molecular weight excluding hydrogens is 343 g/mol. The van der Waals surface area contributed by atoms with E-state index in [0.717, 1.165) is 5.76 Å². The molecule has 0 spiro atoms. The van der Waals surface area contributed by atoms with E-state index < -0.39 is 0 Å². The molecule has 0 bridgehead atoms. The highest BCUT2D eigenvalue weighted by atomic mass is 35.5. The summed E-state index contributed by atoms with van der Waals surface area (Å²) in [4.78, 5) is 16.8. The van der Waals surface area contributed by atoms with Crippen molar-refractivity contribution < 1.29 is 9.21 Å². The molecule has 1 N–H and O–H groups in total. The van der Waals surface area contributed by atoms with Crippen molar-refractivity contribution in [3.63, 3.8) is 0 Å². The zero-order chi connectivity index (χ0) is 15.5. The summed E-state index contributed by atoms with van der Waals surface area (Å²) in [6.07, 6.45) is 3.25. The summed E-state index contributed by atoms with van der Waals surface area (Å²) < 4.78 is 5.20. The van der Waals surface area contributed by atoms with E-state index in [0.29, 0.717) is 32.2 Å². The van der Waals surface area contributed by atoms with Gasteiger partial charge < -0.3 is 9.73 Å². The summed E-state index contributed by atoms with van der Waals surface area (Å²) in [5.74, 6) is 0.508. The summed E-state index contributed by atoms with van der Waals surface area (Å²) >= 11 is 13.5. The third-order valence-electron chi connectivity index (χ3n) is 2.88. The maximum Gasteiger partial charge on any atom is 0.264 e. The Morgan fingerprint density at radius 2 is 2.00 bits per heavy atom. The first-order valence-electron chi connectivity index (χ1n) is 6.35. The number of hydrogen-bond donors (Lipinski definition) is 1. The maximum absolute atomic E-state index is 12.0. The molecule has 1 aromatic heterocycles. The Labute approximate surface area is 141 Å². The van der Waals surface area contributed by atoms with Crippen LogP contribution >= 0.6 is 35.0 Å². The lowest BCUT2D eigenvalue weighted by Crippen LogP contribution is -2.19. The van der Waals surface area contributed by atoms with Gasteiger partial charge in [0.25, 0.3) is 5.91 Å². The Hall–Kier alpha value is -1.69. The van der Waals surface area contributed by atoms with Gasteiger partial charge in [0.2, 0.25) is 0 Å². The number of rotatable bonds is 3. The van der Waals surface area contributed by atoms with Crippen molar-refractivity contribution in [1.29, 1.82) is 0 Å². The fourth-order valence-electron chi connectivity index (χ4n) is 1.83. The van der Waals surface area contributed by atoms with Gasteiger partial charge in [0, 0.05) is 15.6 Å². The number of benzene rings is 1. The van der Waals surface area contributed by atoms with Crippen molar-refractivity contribution in [3.8, 4) is 0 Å². The normalized spacial score (nSPS) is 18.2. The van der Waals surface area contributed by atoms with E-state index in [1.807, 2.05) is 6.07 Å². The second-order valence-electron chi connectivity index (χ2n) is 4.40. The number of carbonyl (C=O) groups excluding carboxylic acids is 1. The number of amidine groups is 1. The molecule has 0 atom stereocenters. The molecule has 3 rings (SSSR count). The number of nitrogens with one attached hydrogen (secondary N) is 1. The van der Waals surface area contributed by atoms with Crippen LogP contribution in [-0.4, -0.2) is 11.1 Å². The Morgan fingerprint density at radius 1 is 1.23 bits per heavy atom. The van der Waals surface area contributed by atoms with Gasteiger partial charge in [0.1, 0.15) is 5.76 Å². The number of aliphatic imine (C=N–C) groups is 1. The van der Waals surface area contributed by atoms with Gasteiger partial charge in [-0.25, -0.2) is 0 Å². The first-order chi connectivity index (χ1) is 10.6. The van der Waals surface area contributed by atoms with Crippen molar-refractivity contribution in [2.24, 2.45) is 4.99 Å².